The maximum atomic E-state index is 12.7. The molecule has 1 aromatic carbocycles. The van der Waals surface area contributed by atoms with Crippen molar-refractivity contribution in [1.82, 2.24) is 10.3 Å². The lowest BCUT2D eigenvalue weighted by Crippen LogP contribution is -2.31. The van der Waals surface area contributed by atoms with Crippen LogP contribution >= 0.6 is 11.3 Å². The van der Waals surface area contributed by atoms with E-state index in [1.807, 2.05) is 0 Å². The molecular weight excluding hydrogens is 384 g/mol. The summed E-state index contributed by atoms with van der Waals surface area (Å²) in [6.45, 7) is 5.29. The van der Waals surface area contributed by atoms with E-state index in [9.17, 15) is 13.2 Å². The molecule has 0 atom stereocenters. The molecule has 0 spiro atoms. The lowest BCUT2D eigenvalue weighted by atomic mass is 9.94. The van der Waals surface area contributed by atoms with E-state index in [1.165, 1.54) is 23.5 Å². The van der Waals surface area contributed by atoms with E-state index in [2.05, 4.69) is 20.0 Å². The van der Waals surface area contributed by atoms with Gasteiger partial charge in [0.05, 0.1) is 4.90 Å². The van der Waals surface area contributed by atoms with Crippen LogP contribution < -0.4 is 10.6 Å². The number of carbonyl (C=O) groups is 1. The molecule has 0 unspecified atom stereocenters. The zero-order chi connectivity index (χ0) is 19.4. The molecule has 2 heterocycles. The van der Waals surface area contributed by atoms with Crippen LogP contribution in [-0.2, 0) is 10.0 Å². The van der Waals surface area contributed by atoms with Crippen molar-refractivity contribution >= 4 is 38.7 Å². The van der Waals surface area contributed by atoms with Crippen molar-refractivity contribution in [3.8, 4) is 0 Å². The zero-order valence-electron chi connectivity index (χ0n) is 15.2. The number of aryl methyl sites for hydroxylation is 1. The van der Waals surface area contributed by atoms with Crippen LogP contribution in [-0.4, -0.2) is 38.1 Å². The smallest absolute Gasteiger partial charge is 0.284 e. The molecule has 1 aromatic heterocycles. The van der Waals surface area contributed by atoms with Gasteiger partial charge in [0.1, 0.15) is 0 Å². The van der Waals surface area contributed by atoms with Crippen LogP contribution in [0.5, 0.6) is 0 Å². The first-order valence-corrected chi connectivity index (χ1v) is 11.0. The Morgan fingerprint density at radius 2 is 2.07 bits per heavy atom. The maximum Gasteiger partial charge on any atom is 0.284 e. The maximum absolute atomic E-state index is 12.7. The van der Waals surface area contributed by atoms with Gasteiger partial charge in [0.15, 0.2) is 5.01 Å². The third kappa shape index (κ3) is 4.79. The highest BCUT2D eigenvalue weighted by molar-refractivity contribution is 7.90. The third-order valence-corrected chi connectivity index (χ3v) is 6.71. The Hall–Kier alpha value is -2.10. The highest BCUT2D eigenvalue weighted by Crippen LogP contribution is 2.23. The molecule has 27 heavy (non-hydrogen) atoms. The fourth-order valence-electron chi connectivity index (χ4n) is 3.00. The number of anilines is 1. The van der Waals surface area contributed by atoms with E-state index in [0.717, 1.165) is 25.9 Å². The highest BCUT2D eigenvalue weighted by Gasteiger charge is 2.21. The molecular formula is C18H22N4O3S2. The highest BCUT2D eigenvalue weighted by atomic mass is 32.2. The average Bonchev–Trinajstić information content (AvgIpc) is 3.18. The van der Waals surface area contributed by atoms with E-state index in [-0.39, 0.29) is 16.7 Å². The summed E-state index contributed by atoms with van der Waals surface area (Å²) in [5, 5.41) is 8.09. The quantitative estimate of drug-likeness (QED) is 0.744. The van der Waals surface area contributed by atoms with E-state index < -0.39 is 10.0 Å². The number of aromatic nitrogens is 1. The van der Waals surface area contributed by atoms with Crippen molar-refractivity contribution in [1.29, 1.82) is 0 Å². The summed E-state index contributed by atoms with van der Waals surface area (Å²) in [7, 11) is -3.78. The van der Waals surface area contributed by atoms with E-state index in [4.69, 9.17) is 0 Å². The molecule has 1 aliphatic heterocycles. The second-order valence-electron chi connectivity index (χ2n) is 6.50. The Labute approximate surface area is 163 Å². The molecule has 3 rings (SSSR count). The van der Waals surface area contributed by atoms with Gasteiger partial charge in [-0.3, -0.25) is 4.79 Å². The lowest BCUT2D eigenvalue weighted by Gasteiger charge is -2.22. The van der Waals surface area contributed by atoms with Crippen LogP contribution in [0.4, 0.5) is 5.69 Å². The minimum Gasteiger partial charge on any atom is -0.320 e. The van der Waals surface area contributed by atoms with Gasteiger partial charge in [-0.05, 0) is 63.5 Å². The SMILES string of the molecule is CC(=NS(=O)(=O)c1ccc(NC(=O)c2nccs2)c(C)c1)C1CCNCC1. The number of sulfonamides is 1. The number of piperidine rings is 1. The van der Waals surface area contributed by atoms with Crippen molar-refractivity contribution in [3.05, 3.63) is 40.3 Å². The van der Waals surface area contributed by atoms with Crippen LogP contribution in [0, 0.1) is 12.8 Å². The minimum absolute atomic E-state index is 0.125. The number of nitrogens with one attached hydrogen (secondary N) is 2. The van der Waals surface area contributed by atoms with Crippen LogP contribution in [0.25, 0.3) is 0 Å². The van der Waals surface area contributed by atoms with Gasteiger partial charge in [-0.2, -0.15) is 12.8 Å². The lowest BCUT2D eigenvalue weighted by molar-refractivity contribution is 0.102. The number of amides is 1. The first kappa shape index (κ1) is 19.7. The van der Waals surface area contributed by atoms with Gasteiger partial charge in [-0.15, -0.1) is 11.3 Å². The molecule has 1 fully saturated rings. The Kier molecular flexibility index (Phi) is 6.03. The molecule has 0 radical (unpaired) electrons. The summed E-state index contributed by atoms with van der Waals surface area (Å²) < 4.78 is 29.4. The molecule has 1 aliphatic rings. The number of nitrogens with zero attached hydrogens (tertiary/aromatic N) is 2. The largest absolute Gasteiger partial charge is 0.320 e. The third-order valence-electron chi connectivity index (χ3n) is 4.56. The van der Waals surface area contributed by atoms with Crippen molar-refractivity contribution in [2.24, 2.45) is 10.3 Å². The van der Waals surface area contributed by atoms with Gasteiger partial charge in [0, 0.05) is 28.9 Å². The second kappa shape index (κ2) is 8.28. The van der Waals surface area contributed by atoms with Gasteiger partial charge in [0.2, 0.25) is 0 Å². The summed E-state index contributed by atoms with van der Waals surface area (Å²) in [6.07, 6.45) is 3.35. The molecule has 1 amide bonds. The predicted molar refractivity (Wildman–Crippen MR) is 107 cm³/mol. The molecule has 0 bridgehead atoms. The Balaban J connectivity index is 1.78. The average molecular weight is 407 g/mol. The van der Waals surface area contributed by atoms with E-state index in [0.29, 0.717) is 22.0 Å². The first-order valence-electron chi connectivity index (χ1n) is 8.70. The van der Waals surface area contributed by atoms with Gasteiger partial charge >= 0.3 is 0 Å². The van der Waals surface area contributed by atoms with Crippen molar-refractivity contribution < 1.29 is 13.2 Å². The van der Waals surface area contributed by atoms with Crippen LogP contribution in [0.15, 0.2) is 39.1 Å². The fourth-order valence-corrected chi connectivity index (χ4v) is 4.73. The molecule has 2 N–H and O–H groups in total. The molecule has 0 aliphatic carbocycles. The van der Waals surface area contributed by atoms with Gasteiger partial charge < -0.3 is 10.6 Å². The summed E-state index contributed by atoms with van der Waals surface area (Å²) in [5.74, 6) is -0.123. The monoisotopic (exact) mass is 406 g/mol. The molecule has 144 valence electrons. The summed E-state index contributed by atoms with van der Waals surface area (Å²) in [4.78, 5) is 16.2. The number of hydrogen-bond donors (Lipinski definition) is 2. The van der Waals surface area contributed by atoms with E-state index in [1.54, 1.807) is 31.5 Å². The molecule has 2 aromatic rings. The molecule has 9 heteroatoms. The van der Waals surface area contributed by atoms with Crippen molar-refractivity contribution in [2.75, 3.05) is 18.4 Å². The van der Waals surface area contributed by atoms with E-state index >= 15 is 0 Å². The molecule has 7 nitrogen and oxygen atoms in total. The zero-order valence-corrected chi connectivity index (χ0v) is 16.9. The number of hydrogen-bond acceptors (Lipinski definition) is 6. The normalized spacial score (nSPS) is 16.3. The predicted octanol–water partition coefficient (Wildman–Crippen LogP) is 2.85. The number of thiazole rings is 1. The summed E-state index contributed by atoms with van der Waals surface area (Å²) in [6, 6.07) is 4.59. The van der Waals surface area contributed by atoms with Crippen LogP contribution in [0.1, 0.15) is 35.1 Å². The number of rotatable bonds is 5. The van der Waals surface area contributed by atoms with Crippen LogP contribution in [0.3, 0.4) is 0 Å². The molecule has 0 saturated carbocycles. The minimum atomic E-state index is -3.78. The second-order valence-corrected chi connectivity index (χ2v) is 9.00. The van der Waals surface area contributed by atoms with Gasteiger partial charge in [-0.1, -0.05) is 0 Å². The fraction of sp³-hybridized carbons (Fsp3) is 0.389. The number of benzene rings is 1. The Morgan fingerprint density at radius 1 is 1.33 bits per heavy atom. The van der Waals surface area contributed by atoms with Crippen molar-refractivity contribution in [3.63, 3.8) is 0 Å². The standard InChI is InChI=1S/C18H22N4O3S2/c1-12-11-15(3-4-16(12)21-17(23)18-20-9-10-26-18)27(24,25)22-13(2)14-5-7-19-8-6-14/h3-4,9-11,14,19H,5-8H2,1-2H3,(H,21,23). The molecule has 1 saturated heterocycles. The van der Waals surface area contributed by atoms with Gasteiger partial charge in [-0.25, -0.2) is 4.98 Å². The Bertz CT molecular complexity index is 947. The van der Waals surface area contributed by atoms with Gasteiger partial charge in [0.25, 0.3) is 15.9 Å². The first-order chi connectivity index (χ1) is 12.9. The number of carbonyl (C=O) groups excluding carboxylic acids is 1. The topological polar surface area (TPSA) is 101 Å². The summed E-state index contributed by atoms with van der Waals surface area (Å²) >= 11 is 1.24. The Morgan fingerprint density at radius 3 is 2.70 bits per heavy atom. The van der Waals surface area contributed by atoms with Crippen molar-refractivity contribution in [2.45, 2.75) is 31.6 Å². The summed E-state index contributed by atoms with van der Waals surface area (Å²) in [5.41, 5.74) is 1.85. The van der Waals surface area contributed by atoms with Crippen LogP contribution in [0.2, 0.25) is 0 Å².